The van der Waals surface area contributed by atoms with E-state index >= 15 is 0 Å². The third-order valence-electron chi connectivity index (χ3n) is 6.03. The van der Waals surface area contributed by atoms with Gasteiger partial charge in [0, 0.05) is 31.1 Å². The zero-order valence-electron chi connectivity index (χ0n) is 17.0. The third-order valence-corrected chi connectivity index (χ3v) is 6.03. The molecule has 0 aliphatic carbocycles. The summed E-state index contributed by atoms with van der Waals surface area (Å²) in [6.07, 6.45) is 1.47. The van der Waals surface area contributed by atoms with Crippen molar-refractivity contribution in [2.24, 2.45) is 0 Å². The molecular weight excluding hydrogens is 375 g/mol. The molecule has 3 atom stereocenters. The average Bonchev–Trinajstić information content (AvgIpc) is 2.80. The van der Waals surface area contributed by atoms with Crippen molar-refractivity contribution in [3.63, 3.8) is 0 Å². The first-order valence-corrected chi connectivity index (χ1v) is 10.7. The molecule has 30 heavy (non-hydrogen) atoms. The number of benzene rings is 3. The van der Waals surface area contributed by atoms with E-state index in [9.17, 15) is 9.50 Å². The van der Waals surface area contributed by atoms with Crippen molar-refractivity contribution in [1.29, 1.82) is 0 Å². The van der Waals surface area contributed by atoms with E-state index in [0.29, 0.717) is 24.5 Å². The molecule has 0 radical (unpaired) electrons. The van der Waals surface area contributed by atoms with E-state index in [0.717, 1.165) is 24.9 Å². The lowest BCUT2D eigenvalue weighted by Gasteiger charge is -2.36. The monoisotopic (exact) mass is 404 g/mol. The van der Waals surface area contributed by atoms with Gasteiger partial charge in [0.05, 0.1) is 6.10 Å². The molecule has 156 valence electrons. The summed E-state index contributed by atoms with van der Waals surface area (Å²) in [7, 11) is 0. The molecule has 0 aromatic heterocycles. The van der Waals surface area contributed by atoms with Gasteiger partial charge in [0.25, 0.3) is 0 Å². The van der Waals surface area contributed by atoms with E-state index < -0.39 is 6.10 Å². The summed E-state index contributed by atoms with van der Waals surface area (Å²) in [4.78, 5) is 0. The summed E-state index contributed by atoms with van der Waals surface area (Å²) in [5, 5.41) is 17.6. The minimum absolute atomic E-state index is 0.284. The molecule has 1 saturated heterocycles. The zero-order chi connectivity index (χ0) is 20.8. The largest absolute Gasteiger partial charge is 0.387 e. The number of aliphatic hydroxyl groups excluding tert-OH is 1. The van der Waals surface area contributed by atoms with Crippen molar-refractivity contribution in [1.82, 2.24) is 10.6 Å². The van der Waals surface area contributed by atoms with Crippen molar-refractivity contribution in [3.05, 3.63) is 107 Å². The summed E-state index contributed by atoms with van der Waals surface area (Å²) in [6, 6.07) is 28.1. The van der Waals surface area contributed by atoms with E-state index in [4.69, 9.17) is 0 Å². The molecule has 0 saturated carbocycles. The fraction of sp³-hybridized carbons (Fsp3) is 0.308. The summed E-state index contributed by atoms with van der Waals surface area (Å²) in [5.41, 5.74) is 3.40. The second kappa shape index (κ2) is 9.98. The van der Waals surface area contributed by atoms with Gasteiger partial charge in [-0.15, -0.1) is 0 Å². The van der Waals surface area contributed by atoms with Crippen molar-refractivity contribution in [2.75, 3.05) is 13.1 Å². The Hall–Kier alpha value is -2.53. The molecule has 3 aromatic carbocycles. The Balaban J connectivity index is 1.36. The third kappa shape index (κ3) is 5.14. The first-order chi connectivity index (χ1) is 14.7. The van der Waals surface area contributed by atoms with Crippen LogP contribution < -0.4 is 10.6 Å². The first kappa shape index (κ1) is 20.7. The van der Waals surface area contributed by atoms with Crippen LogP contribution in [0.4, 0.5) is 4.39 Å². The molecular formula is C26H29FN2O. The summed E-state index contributed by atoms with van der Waals surface area (Å²) >= 11 is 0. The lowest BCUT2D eigenvalue weighted by Crippen LogP contribution is -2.50. The SMILES string of the molecule is O[C@H](CN[C@H]1CC[C@@H](C(c2ccccc2)c2ccccc2)NC1)c1ccc(F)cc1. The van der Waals surface area contributed by atoms with E-state index in [2.05, 4.69) is 71.3 Å². The normalized spacial score (nSPS) is 20.2. The lowest BCUT2D eigenvalue weighted by atomic mass is 9.81. The highest BCUT2D eigenvalue weighted by Gasteiger charge is 2.29. The molecule has 4 rings (SSSR count). The topological polar surface area (TPSA) is 44.3 Å². The predicted molar refractivity (Wildman–Crippen MR) is 119 cm³/mol. The molecule has 0 unspecified atom stereocenters. The van der Waals surface area contributed by atoms with Crippen LogP contribution in [0.5, 0.6) is 0 Å². The van der Waals surface area contributed by atoms with Crippen LogP contribution in [-0.4, -0.2) is 30.3 Å². The standard InChI is InChI=1S/C26H29FN2O/c27-22-13-11-19(12-14-22)25(30)18-28-23-15-16-24(29-17-23)26(20-7-3-1-4-8-20)21-9-5-2-6-10-21/h1-14,23-26,28-30H,15-18H2/t23-,24-,25+/m0/s1. The number of aliphatic hydroxyl groups is 1. The maximum Gasteiger partial charge on any atom is 0.123 e. The van der Waals surface area contributed by atoms with Crippen LogP contribution in [0.1, 0.15) is 41.6 Å². The van der Waals surface area contributed by atoms with Crippen LogP contribution in [0.15, 0.2) is 84.9 Å². The highest BCUT2D eigenvalue weighted by atomic mass is 19.1. The molecule has 3 nitrogen and oxygen atoms in total. The Kier molecular flexibility index (Phi) is 6.90. The molecule has 0 spiro atoms. The van der Waals surface area contributed by atoms with Crippen LogP contribution >= 0.6 is 0 Å². The maximum absolute atomic E-state index is 13.1. The molecule has 1 aliphatic rings. The Morgan fingerprint density at radius 1 is 0.833 bits per heavy atom. The van der Waals surface area contributed by atoms with Crippen LogP contribution in [0.2, 0.25) is 0 Å². The van der Waals surface area contributed by atoms with Gasteiger partial charge in [0.15, 0.2) is 0 Å². The van der Waals surface area contributed by atoms with Crippen molar-refractivity contribution in [2.45, 2.75) is 36.9 Å². The van der Waals surface area contributed by atoms with E-state index in [-0.39, 0.29) is 5.82 Å². The second-order valence-electron chi connectivity index (χ2n) is 8.06. The highest BCUT2D eigenvalue weighted by Crippen LogP contribution is 2.31. The van der Waals surface area contributed by atoms with Crippen LogP contribution in [0, 0.1) is 5.82 Å². The Morgan fingerprint density at radius 2 is 1.43 bits per heavy atom. The van der Waals surface area contributed by atoms with Gasteiger partial charge in [0.2, 0.25) is 0 Å². The zero-order valence-corrected chi connectivity index (χ0v) is 17.0. The molecule has 3 N–H and O–H groups in total. The summed E-state index contributed by atoms with van der Waals surface area (Å²) in [5.74, 6) is 0.0333. The molecule has 1 fully saturated rings. The number of hydrogen-bond acceptors (Lipinski definition) is 3. The maximum atomic E-state index is 13.1. The minimum atomic E-state index is -0.635. The van der Waals surface area contributed by atoms with Crippen LogP contribution in [-0.2, 0) is 0 Å². The molecule has 1 aliphatic heterocycles. The fourth-order valence-electron chi connectivity index (χ4n) is 4.40. The number of nitrogens with one attached hydrogen (secondary N) is 2. The van der Waals surface area contributed by atoms with Crippen molar-refractivity contribution < 1.29 is 9.50 Å². The number of rotatable bonds is 7. The van der Waals surface area contributed by atoms with Crippen molar-refractivity contribution in [3.8, 4) is 0 Å². The van der Waals surface area contributed by atoms with E-state index in [1.54, 1.807) is 12.1 Å². The second-order valence-corrected chi connectivity index (χ2v) is 8.06. The van der Waals surface area contributed by atoms with E-state index in [1.165, 1.54) is 23.3 Å². The number of halogens is 1. The van der Waals surface area contributed by atoms with Gasteiger partial charge >= 0.3 is 0 Å². The van der Waals surface area contributed by atoms with Gasteiger partial charge in [-0.3, -0.25) is 0 Å². The number of piperidine rings is 1. The smallest absolute Gasteiger partial charge is 0.123 e. The molecule has 0 amide bonds. The lowest BCUT2D eigenvalue weighted by molar-refractivity contribution is 0.164. The Labute approximate surface area is 178 Å². The Morgan fingerprint density at radius 3 is 1.97 bits per heavy atom. The quantitative estimate of drug-likeness (QED) is 0.547. The van der Waals surface area contributed by atoms with Crippen LogP contribution in [0.3, 0.4) is 0 Å². The van der Waals surface area contributed by atoms with Gasteiger partial charge in [-0.2, -0.15) is 0 Å². The molecule has 3 aromatic rings. The average molecular weight is 405 g/mol. The predicted octanol–water partition coefficient (Wildman–Crippen LogP) is 4.40. The first-order valence-electron chi connectivity index (χ1n) is 10.7. The minimum Gasteiger partial charge on any atom is -0.387 e. The number of hydrogen-bond donors (Lipinski definition) is 3. The van der Waals surface area contributed by atoms with Gasteiger partial charge in [-0.1, -0.05) is 72.8 Å². The molecule has 0 bridgehead atoms. The van der Waals surface area contributed by atoms with Gasteiger partial charge in [-0.25, -0.2) is 4.39 Å². The summed E-state index contributed by atoms with van der Waals surface area (Å²) in [6.45, 7) is 1.32. The molecule has 4 heteroatoms. The fourth-order valence-corrected chi connectivity index (χ4v) is 4.40. The molecule has 1 heterocycles. The summed E-state index contributed by atoms with van der Waals surface area (Å²) < 4.78 is 13.1. The van der Waals surface area contributed by atoms with Crippen molar-refractivity contribution >= 4 is 0 Å². The van der Waals surface area contributed by atoms with Gasteiger partial charge in [0.1, 0.15) is 5.82 Å². The van der Waals surface area contributed by atoms with Gasteiger partial charge in [-0.05, 0) is 41.7 Å². The van der Waals surface area contributed by atoms with Gasteiger partial charge < -0.3 is 15.7 Å². The Bertz CT molecular complexity index is 854. The highest BCUT2D eigenvalue weighted by molar-refractivity contribution is 5.34. The van der Waals surface area contributed by atoms with E-state index in [1.807, 2.05) is 0 Å². The van der Waals surface area contributed by atoms with Crippen LogP contribution in [0.25, 0.3) is 0 Å².